The molecule has 0 spiro atoms. The van der Waals surface area contributed by atoms with Crippen molar-refractivity contribution >= 4 is 23.3 Å². The van der Waals surface area contributed by atoms with Crippen LogP contribution in [0.25, 0.3) is 0 Å². The Morgan fingerprint density at radius 2 is 2.47 bits per heavy atom. The number of nitrogens with zero attached hydrogens (tertiary/aromatic N) is 3. The molecular formula is C11H11ClN4O. The Morgan fingerprint density at radius 3 is 2.88 bits per heavy atom. The molecule has 1 atom stereocenters. The summed E-state index contributed by atoms with van der Waals surface area (Å²) in [6, 6.07) is 5.19. The average molecular weight is 251 g/mol. The second kappa shape index (κ2) is 3.90. The van der Waals surface area contributed by atoms with Crippen molar-refractivity contribution in [2.75, 3.05) is 11.4 Å². The number of rotatable bonds is 3. The molecule has 2 heterocycles. The molecule has 1 amide bonds. The zero-order valence-electron chi connectivity index (χ0n) is 9.27. The Bertz CT molecular complexity index is 525. The van der Waals surface area contributed by atoms with Crippen molar-refractivity contribution in [3.05, 3.63) is 22.8 Å². The first-order valence-electron chi connectivity index (χ1n) is 5.19. The summed E-state index contributed by atoms with van der Waals surface area (Å²) in [5.41, 5.74) is 5.05. The first-order valence-corrected chi connectivity index (χ1v) is 5.57. The Hall–Kier alpha value is -1.80. The van der Waals surface area contributed by atoms with Crippen LogP contribution in [0, 0.1) is 11.3 Å². The SMILES string of the molecule is CCC1(C(N)=O)CN1c1ccc(C#N)c(Cl)n1. The number of pyridine rings is 1. The molecule has 0 bridgehead atoms. The highest BCUT2D eigenvalue weighted by atomic mass is 35.5. The fourth-order valence-electron chi connectivity index (χ4n) is 1.87. The highest BCUT2D eigenvalue weighted by molar-refractivity contribution is 6.30. The monoisotopic (exact) mass is 250 g/mol. The molecule has 1 aliphatic heterocycles. The van der Waals surface area contributed by atoms with E-state index in [-0.39, 0.29) is 11.1 Å². The van der Waals surface area contributed by atoms with E-state index in [9.17, 15) is 4.79 Å². The van der Waals surface area contributed by atoms with E-state index in [2.05, 4.69) is 4.98 Å². The van der Waals surface area contributed by atoms with Crippen LogP contribution in [0.5, 0.6) is 0 Å². The van der Waals surface area contributed by atoms with Crippen LogP contribution in [0.15, 0.2) is 12.1 Å². The standard InChI is InChI=1S/C11H11ClN4O/c1-2-11(10(14)17)6-16(11)8-4-3-7(5-13)9(12)15-8/h3-4H,2,6H2,1H3,(H2,14,17). The maximum absolute atomic E-state index is 11.4. The number of amides is 1. The topological polar surface area (TPSA) is 82.8 Å². The minimum absolute atomic E-state index is 0.145. The van der Waals surface area contributed by atoms with Crippen molar-refractivity contribution in [2.45, 2.75) is 18.9 Å². The van der Waals surface area contributed by atoms with Gasteiger partial charge >= 0.3 is 0 Å². The number of halogens is 1. The van der Waals surface area contributed by atoms with Crippen molar-refractivity contribution in [1.29, 1.82) is 5.26 Å². The number of carbonyl (C=O) groups excluding carboxylic acids is 1. The van der Waals surface area contributed by atoms with Crippen molar-refractivity contribution in [1.82, 2.24) is 4.98 Å². The number of hydrogen-bond acceptors (Lipinski definition) is 4. The summed E-state index contributed by atoms with van der Waals surface area (Å²) in [6.07, 6.45) is 0.627. The van der Waals surface area contributed by atoms with Crippen molar-refractivity contribution in [3.63, 3.8) is 0 Å². The van der Waals surface area contributed by atoms with E-state index in [1.54, 1.807) is 17.0 Å². The number of nitrogens with two attached hydrogens (primary N) is 1. The molecule has 5 nitrogen and oxygen atoms in total. The van der Waals surface area contributed by atoms with Crippen LogP contribution in [-0.2, 0) is 4.79 Å². The van der Waals surface area contributed by atoms with Gasteiger partial charge in [0.1, 0.15) is 22.6 Å². The zero-order valence-corrected chi connectivity index (χ0v) is 10.0. The van der Waals surface area contributed by atoms with Crippen molar-refractivity contribution in [2.24, 2.45) is 5.73 Å². The van der Waals surface area contributed by atoms with Crippen LogP contribution in [0.2, 0.25) is 5.15 Å². The summed E-state index contributed by atoms with van der Waals surface area (Å²) in [5, 5.41) is 8.88. The molecule has 1 aliphatic rings. The van der Waals surface area contributed by atoms with Gasteiger partial charge in [0.25, 0.3) is 0 Å². The molecule has 0 aromatic carbocycles. The lowest BCUT2D eigenvalue weighted by atomic mass is 10.1. The first-order chi connectivity index (χ1) is 8.05. The van der Waals surface area contributed by atoms with Crippen molar-refractivity contribution in [3.8, 4) is 6.07 Å². The Labute approximate surface area is 104 Å². The molecule has 17 heavy (non-hydrogen) atoms. The normalized spacial score (nSPS) is 22.1. The Balaban J connectivity index is 2.31. The van der Waals surface area contributed by atoms with E-state index in [4.69, 9.17) is 22.6 Å². The highest BCUT2D eigenvalue weighted by Gasteiger charge is 2.56. The molecule has 88 valence electrons. The molecule has 0 saturated carbocycles. The maximum atomic E-state index is 11.4. The molecule has 1 aromatic rings. The molecular weight excluding hydrogens is 240 g/mol. The zero-order chi connectivity index (χ0) is 12.6. The molecule has 1 saturated heterocycles. The number of carbonyl (C=O) groups is 1. The first kappa shape index (κ1) is 11.7. The highest BCUT2D eigenvalue weighted by Crippen LogP contribution is 2.39. The van der Waals surface area contributed by atoms with Gasteiger partial charge in [0, 0.05) is 0 Å². The second-order valence-electron chi connectivity index (χ2n) is 3.96. The van der Waals surface area contributed by atoms with Crippen LogP contribution in [-0.4, -0.2) is 23.0 Å². The quantitative estimate of drug-likeness (QED) is 0.642. The number of primary amides is 1. The van der Waals surface area contributed by atoms with E-state index < -0.39 is 5.54 Å². The summed E-state index contributed by atoms with van der Waals surface area (Å²) < 4.78 is 0. The van der Waals surface area contributed by atoms with Gasteiger partial charge in [-0.05, 0) is 18.6 Å². The van der Waals surface area contributed by atoms with Crippen molar-refractivity contribution < 1.29 is 4.79 Å². The lowest BCUT2D eigenvalue weighted by molar-refractivity contribution is -0.120. The van der Waals surface area contributed by atoms with E-state index in [1.807, 2.05) is 13.0 Å². The lowest BCUT2D eigenvalue weighted by Gasteiger charge is -2.12. The summed E-state index contributed by atoms with van der Waals surface area (Å²) in [7, 11) is 0. The Morgan fingerprint density at radius 1 is 1.76 bits per heavy atom. The van der Waals surface area contributed by atoms with Gasteiger partial charge in [-0.2, -0.15) is 5.26 Å². The summed E-state index contributed by atoms with van der Waals surface area (Å²) in [4.78, 5) is 17.3. The number of anilines is 1. The van der Waals surface area contributed by atoms with Crippen LogP contribution in [0.1, 0.15) is 18.9 Å². The summed E-state index contributed by atoms with van der Waals surface area (Å²) in [6.45, 7) is 2.45. The minimum atomic E-state index is -0.634. The van der Waals surface area contributed by atoms with Gasteiger partial charge in [-0.15, -0.1) is 0 Å². The smallest absolute Gasteiger partial charge is 0.245 e. The Kier molecular flexibility index (Phi) is 2.68. The van der Waals surface area contributed by atoms with Gasteiger partial charge in [-0.3, -0.25) is 4.79 Å². The average Bonchev–Trinajstić information content (AvgIpc) is 3.05. The third-order valence-electron chi connectivity index (χ3n) is 3.11. The van der Waals surface area contributed by atoms with E-state index >= 15 is 0 Å². The molecule has 1 unspecified atom stereocenters. The molecule has 6 heteroatoms. The molecule has 2 N–H and O–H groups in total. The van der Waals surface area contributed by atoms with Gasteiger partial charge in [0.05, 0.1) is 12.1 Å². The van der Waals surface area contributed by atoms with Gasteiger partial charge in [0.15, 0.2) is 0 Å². The van der Waals surface area contributed by atoms with Gasteiger partial charge in [-0.25, -0.2) is 4.98 Å². The third-order valence-corrected chi connectivity index (χ3v) is 3.40. The number of hydrogen-bond donors (Lipinski definition) is 1. The minimum Gasteiger partial charge on any atom is -0.368 e. The van der Waals surface area contributed by atoms with Gasteiger partial charge in [-0.1, -0.05) is 18.5 Å². The fraction of sp³-hybridized carbons (Fsp3) is 0.364. The predicted molar refractivity (Wildman–Crippen MR) is 63.5 cm³/mol. The van der Waals surface area contributed by atoms with Crippen LogP contribution < -0.4 is 10.6 Å². The number of aromatic nitrogens is 1. The predicted octanol–water partition coefficient (Wildman–Crippen LogP) is 1.06. The fourth-order valence-corrected chi connectivity index (χ4v) is 2.06. The molecule has 0 radical (unpaired) electrons. The van der Waals surface area contributed by atoms with Crippen LogP contribution >= 0.6 is 11.6 Å². The van der Waals surface area contributed by atoms with Gasteiger partial charge in [0.2, 0.25) is 5.91 Å². The molecule has 2 rings (SSSR count). The molecule has 1 fully saturated rings. The van der Waals surface area contributed by atoms with Crippen LogP contribution in [0.3, 0.4) is 0 Å². The molecule has 1 aromatic heterocycles. The van der Waals surface area contributed by atoms with E-state index in [1.165, 1.54) is 0 Å². The summed E-state index contributed by atoms with van der Waals surface area (Å²) in [5.74, 6) is 0.219. The van der Waals surface area contributed by atoms with E-state index in [0.29, 0.717) is 24.3 Å². The molecule has 0 aliphatic carbocycles. The summed E-state index contributed by atoms with van der Waals surface area (Å²) >= 11 is 5.84. The third kappa shape index (κ3) is 1.71. The second-order valence-corrected chi connectivity index (χ2v) is 4.31. The van der Waals surface area contributed by atoms with Crippen LogP contribution in [0.4, 0.5) is 5.82 Å². The lowest BCUT2D eigenvalue weighted by Crippen LogP contribution is -2.35. The van der Waals surface area contributed by atoms with E-state index in [0.717, 1.165) is 0 Å². The van der Waals surface area contributed by atoms with Gasteiger partial charge < -0.3 is 10.6 Å². The number of nitriles is 1. The maximum Gasteiger partial charge on any atom is 0.245 e. The largest absolute Gasteiger partial charge is 0.368 e.